The summed E-state index contributed by atoms with van der Waals surface area (Å²) >= 11 is 0. The van der Waals surface area contributed by atoms with E-state index in [1.165, 1.54) is 0 Å². The summed E-state index contributed by atoms with van der Waals surface area (Å²) in [7, 11) is 0. The summed E-state index contributed by atoms with van der Waals surface area (Å²) in [6.45, 7) is 5.99. The van der Waals surface area contributed by atoms with Crippen molar-refractivity contribution in [1.29, 1.82) is 0 Å². The predicted molar refractivity (Wildman–Crippen MR) is 109 cm³/mol. The number of anilines is 2. The maximum absolute atomic E-state index is 12.8. The lowest BCUT2D eigenvalue weighted by atomic mass is 10.1. The van der Waals surface area contributed by atoms with E-state index in [0.717, 1.165) is 28.1 Å². The minimum atomic E-state index is -0.404. The van der Waals surface area contributed by atoms with E-state index >= 15 is 0 Å². The molecule has 4 rings (SSSR count). The second kappa shape index (κ2) is 7.50. The van der Waals surface area contributed by atoms with E-state index in [1.54, 1.807) is 11.8 Å². The van der Waals surface area contributed by atoms with E-state index < -0.39 is 5.92 Å². The molecule has 0 aliphatic carbocycles. The SMILES string of the molecule is Cc1ccc(C)c(NC(=O)[C@H]2CC(=O)N(c3cccc(-c4noc(C)n4)c3)C2)c1. The Morgan fingerprint density at radius 3 is 2.76 bits per heavy atom. The van der Waals surface area contributed by atoms with Gasteiger partial charge in [0, 0.05) is 36.8 Å². The van der Waals surface area contributed by atoms with E-state index in [4.69, 9.17) is 4.52 Å². The van der Waals surface area contributed by atoms with Gasteiger partial charge in [-0.1, -0.05) is 29.4 Å². The van der Waals surface area contributed by atoms with E-state index in [2.05, 4.69) is 15.5 Å². The van der Waals surface area contributed by atoms with Gasteiger partial charge in [-0.25, -0.2) is 0 Å². The van der Waals surface area contributed by atoms with Gasteiger partial charge in [0.1, 0.15) is 0 Å². The zero-order chi connectivity index (χ0) is 20.5. The minimum Gasteiger partial charge on any atom is -0.339 e. The first kappa shape index (κ1) is 18.9. The summed E-state index contributed by atoms with van der Waals surface area (Å²) < 4.78 is 5.03. The fourth-order valence-corrected chi connectivity index (χ4v) is 3.47. The Bertz CT molecular complexity index is 1090. The van der Waals surface area contributed by atoms with Crippen LogP contribution in [0.25, 0.3) is 11.4 Å². The van der Waals surface area contributed by atoms with Crippen LogP contribution in [-0.4, -0.2) is 28.5 Å². The Hall–Kier alpha value is -3.48. The molecule has 3 aromatic rings. The minimum absolute atomic E-state index is 0.0763. The molecular formula is C22H22N4O3. The average Bonchev–Trinajstić information content (AvgIpc) is 3.31. The van der Waals surface area contributed by atoms with Crippen LogP contribution in [-0.2, 0) is 9.59 Å². The number of aromatic nitrogens is 2. The van der Waals surface area contributed by atoms with Crippen LogP contribution in [0.15, 0.2) is 47.0 Å². The molecule has 1 aliphatic rings. The van der Waals surface area contributed by atoms with Gasteiger partial charge in [0.05, 0.1) is 5.92 Å². The Labute approximate surface area is 168 Å². The van der Waals surface area contributed by atoms with Gasteiger partial charge < -0.3 is 14.7 Å². The normalized spacial score (nSPS) is 16.3. The van der Waals surface area contributed by atoms with Gasteiger partial charge in [-0.05, 0) is 43.2 Å². The highest BCUT2D eigenvalue weighted by atomic mass is 16.5. The number of hydrogen-bond acceptors (Lipinski definition) is 5. The molecule has 2 aromatic carbocycles. The molecule has 0 radical (unpaired) electrons. The molecule has 0 bridgehead atoms. The van der Waals surface area contributed by atoms with Crippen molar-refractivity contribution >= 4 is 23.2 Å². The second-order valence-electron chi connectivity index (χ2n) is 7.40. The van der Waals surface area contributed by atoms with Crippen molar-refractivity contribution in [1.82, 2.24) is 10.1 Å². The summed E-state index contributed by atoms with van der Waals surface area (Å²) in [4.78, 5) is 31.3. The van der Waals surface area contributed by atoms with Gasteiger partial charge in [-0.2, -0.15) is 4.98 Å². The van der Waals surface area contributed by atoms with Crippen molar-refractivity contribution in [3.05, 3.63) is 59.5 Å². The van der Waals surface area contributed by atoms with Gasteiger partial charge in [0.25, 0.3) is 0 Å². The number of carbonyl (C=O) groups excluding carboxylic acids is 2. The first-order chi connectivity index (χ1) is 13.9. The topological polar surface area (TPSA) is 88.3 Å². The zero-order valence-corrected chi connectivity index (χ0v) is 16.6. The van der Waals surface area contributed by atoms with Gasteiger partial charge in [-0.3, -0.25) is 9.59 Å². The molecule has 7 nitrogen and oxygen atoms in total. The predicted octanol–water partition coefficient (Wildman–Crippen LogP) is 3.65. The van der Waals surface area contributed by atoms with Gasteiger partial charge in [-0.15, -0.1) is 0 Å². The lowest BCUT2D eigenvalue weighted by molar-refractivity contribution is -0.122. The Kier molecular flexibility index (Phi) is 4.88. The lowest BCUT2D eigenvalue weighted by Crippen LogP contribution is -2.28. The molecule has 2 amide bonds. The van der Waals surface area contributed by atoms with E-state index in [-0.39, 0.29) is 18.2 Å². The molecule has 1 aromatic heterocycles. The first-order valence-corrected chi connectivity index (χ1v) is 9.50. The van der Waals surface area contributed by atoms with Crippen LogP contribution in [0.2, 0.25) is 0 Å². The van der Waals surface area contributed by atoms with E-state index in [1.807, 2.05) is 56.3 Å². The van der Waals surface area contributed by atoms with E-state index in [9.17, 15) is 9.59 Å². The molecule has 1 atom stereocenters. The molecule has 1 saturated heterocycles. The van der Waals surface area contributed by atoms with Crippen molar-refractivity contribution in [2.75, 3.05) is 16.8 Å². The Morgan fingerprint density at radius 1 is 1.17 bits per heavy atom. The molecule has 0 unspecified atom stereocenters. The third-order valence-corrected chi connectivity index (χ3v) is 5.09. The van der Waals surface area contributed by atoms with Crippen molar-refractivity contribution in [2.24, 2.45) is 5.92 Å². The number of carbonyl (C=O) groups is 2. The molecule has 1 N–H and O–H groups in total. The highest BCUT2D eigenvalue weighted by Crippen LogP contribution is 2.29. The van der Waals surface area contributed by atoms with Gasteiger partial charge in [0.15, 0.2) is 0 Å². The third-order valence-electron chi connectivity index (χ3n) is 5.09. The number of nitrogens with zero attached hydrogens (tertiary/aromatic N) is 3. The van der Waals surface area contributed by atoms with Crippen LogP contribution in [0.1, 0.15) is 23.4 Å². The summed E-state index contributed by atoms with van der Waals surface area (Å²) in [5.41, 5.74) is 4.33. The molecule has 148 valence electrons. The van der Waals surface area contributed by atoms with Crippen molar-refractivity contribution < 1.29 is 14.1 Å². The van der Waals surface area contributed by atoms with Gasteiger partial charge >= 0.3 is 0 Å². The largest absolute Gasteiger partial charge is 0.339 e. The fourth-order valence-electron chi connectivity index (χ4n) is 3.47. The lowest BCUT2D eigenvalue weighted by Gasteiger charge is -2.17. The van der Waals surface area contributed by atoms with Crippen LogP contribution in [0.4, 0.5) is 11.4 Å². The maximum Gasteiger partial charge on any atom is 0.229 e. The Morgan fingerprint density at radius 2 is 2.00 bits per heavy atom. The third kappa shape index (κ3) is 3.89. The molecule has 0 saturated carbocycles. The smallest absolute Gasteiger partial charge is 0.229 e. The molecule has 1 aliphatic heterocycles. The van der Waals surface area contributed by atoms with Crippen LogP contribution in [0.5, 0.6) is 0 Å². The number of amides is 2. The standard InChI is InChI=1S/C22H22N4O3/c1-13-7-8-14(2)19(9-13)24-22(28)17-11-20(27)26(12-17)18-6-4-5-16(10-18)21-23-15(3)29-25-21/h4-10,17H,11-12H2,1-3H3,(H,24,28)/t17-/m0/s1. The van der Waals surface area contributed by atoms with Crippen LogP contribution >= 0.6 is 0 Å². The fraction of sp³-hybridized carbons (Fsp3) is 0.273. The number of aryl methyl sites for hydroxylation is 3. The number of benzene rings is 2. The molecular weight excluding hydrogens is 368 g/mol. The molecule has 0 spiro atoms. The first-order valence-electron chi connectivity index (χ1n) is 9.50. The molecule has 7 heteroatoms. The maximum atomic E-state index is 12.8. The van der Waals surface area contributed by atoms with E-state index in [0.29, 0.717) is 18.3 Å². The summed E-state index contributed by atoms with van der Waals surface area (Å²) in [5, 5.41) is 6.90. The van der Waals surface area contributed by atoms with Crippen molar-refractivity contribution in [2.45, 2.75) is 27.2 Å². The molecule has 29 heavy (non-hydrogen) atoms. The van der Waals surface area contributed by atoms with Crippen LogP contribution in [0, 0.1) is 26.7 Å². The summed E-state index contributed by atoms with van der Waals surface area (Å²) in [5.74, 6) is 0.330. The highest BCUT2D eigenvalue weighted by molar-refractivity contribution is 6.04. The summed E-state index contributed by atoms with van der Waals surface area (Å²) in [6, 6.07) is 13.3. The Balaban J connectivity index is 1.51. The summed E-state index contributed by atoms with van der Waals surface area (Å²) in [6.07, 6.45) is 0.183. The molecule has 1 fully saturated rings. The quantitative estimate of drug-likeness (QED) is 0.735. The van der Waals surface area contributed by atoms with Gasteiger partial charge in [0.2, 0.25) is 23.5 Å². The van der Waals surface area contributed by atoms with Crippen LogP contribution in [0.3, 0.4) is 0 Å². The number of hydrogen-bond donors (Lipinski definition) is 1. The highest BCUT2D eigenvalue weighted by Gasteiger charge is 2.35. The van der Waals surface area contributed by atoms with Crippen molar-refractivity contribution in [3.8, 4) is 11.4 Å². The zero-order valence-electron chi connectivity index (χ0n) is 16.6. The van der Waals surface area contributed by atoms with Crippen molar-refractivity contribution in [3.63, 3.8) is 0 Å². The van der Waals surface area contributed by atoms with Crippen LogP contribution < -0.4 is 10.2 Å². The monoisotopic (exact) mass is 390 g/mol. The molecule has 2 heterocycles. The number of nitrogens with one attached hydrogen (secondary N) is 1. The number of rotatable bonds is 4. The second-order valence-corrected chi connectivity index (χ2v) is 7.40. The average molecular weight is 390 g/mol.